The van der Waals surface area contributed by atoms with Crippen molar-refractivity contribution >= 4 is 38.4 Å². The van der Waals surface area contributed by atoms with Gasteiger partial charge in [0.1, 0.15) is 12.4 Å². The molecular formula is C16H13BrClNO. The molecular weight excluding hydrogens is 338 g/mol. The Bertz CT molecular complexity index is 738. The van der Waals surface area contributed by atoms with Crippen LogP contribution in [0.15, 0.2) is 59.2 Å². The van der Waals surface area contributed by atoms with Gasteiger partial charge in [-0.2, -0.15) is 0 Å². The highest BCUT2D eigenvalue weighted by molar-refractivity contribution is 9.10. The summed E-state index contributed by atoms with van der Waals surface area (Å²) in [6, 6.07) is 15.8. The number of fused-ring (bicyclic) bond motifs is 1. The molecule has 0 aliphatic carbocycles. The zero-order valence-electron chi connectivity index (χ0n) is 10.7. The molecule has 102 valence electrons. The maximum absolute atomic E-state index is 6.17. The first kappa shape index (κ1) is 13.5. The zero-order valence-corrected chi connectivity index (χ0v) is 13.1. The molecule has 0 saturated carbocycles. The second kappa shape index (κ2) is 5.90. The van der Waals surface area contributed by atoms with E-state index in [0.717, 1.165) is 32.7 Å². The first-order chi connectivity index (χ1) is 9.74. The fourth-order valence-corrected chi connectivity index (χ4v) is 2.81. The fourth-order valence-electron chi connectivity index (χ4n) is 2.20. The van der Waals surface area contributed by atoms with E-state index in [1.54, 1.807) is 0 Å². The number of aromatic nitrogens is 1. The van der Waals surface area contributed by atoms with Crippen molar-refractivity contribution in [2.75, 3.05) is 6.61 Å². The molecule has 0 unspecified atom stereocenters. The Morgan fingerprint density at radius 3 is 2.80 bits per heavy atom. The van der Waals surface area contributed by atoms with Crippen LogP contribution in [0.2, 0.25) is 5.02 Å². The normalized spacial score (nSPS) is 10.9. The van der Waals surface area contributed by atoms with Crippen LogP contribution in [0.4, 0.5) is 0 Å². The van der Waals surface area contributed by atoms with Crippen LogP contribution in [0, 0.1) is 0 Å². The number of benzene rings is 2. The second-order valence-corrected chi connectivity index (χ2v) is 5.81. The molecule has 0 bridgehead atoms. The number of nitrogens with zero attached hydrogens (tertiary/aromatic N) is 1. The highest BCUT2D eigenvalue weighted by Gasteiger charge is 2.04. The van der Waals surface area contributed by atoms with Crippen molar-refractivity contribution < 1.29 is 4.74 Å². The molecule has 0 N–H and O–H groups in total. The van der Waals surface area contributed by atoms with Crippen LogP contribution in [-0.2, 0) is 6.54 Å². The molecule has 0 spiro atoms. The Morgan fingerprint density at radius 1 is 1.10 bits per heavy atom. The number of hydrogen-bond donors (Lipinski definition) is 0. The predicted molar refractivity (Wildman–Crippen MR) is 86.6 cm³/mol. The lowest BCUT2D eigenvalue weighted by atomic mass is 10.2. The van der Waals surface area contributed by atoms with Gasteiger partial charge in [0.25, 0.3) is 0 Å². The molecule has 1 heterocycles. The van der Waals surface area contributed by atoms with Gasteiger partial charge in [-0.3, -0.25) is 0 Å². The summed E-state index contributed by atoms with van der Waals surface area (Å²) in [5.41, 5.74) is 1.13. The topological polar surface area (TPSA) is 14.2 Å². The van der Waals surface area contributed by atoms with Gasteiger partial charge in [0.05, 0.1) is 6.54 Å². The SMILES string of the molecule is Clc1cccc2c1ccn2CCOc1cccc(Br)c1. The summed E-state index contributed by atoms with van der Waals surface area (Å²) in [4.78, 5) is 0. The Hall–Kier alpha value is -1.45. The summed E-state index contributed by atoms with van der Waals surface area (Å²) in [5, 5.41) is 1.87. The van der Waals surface area contributed by atoms with Gasteiger partial charge in [-0.05, 0) is 36.4 Å². The van der Waals surface area contributed by atoms with Crippen LogP contribution in [0.25, 0.3) is 10.9 Å². The fraction of sp³-hybridized carbons (Fsp3) is 0.125. The van der Waals surface area contributed by atoms with E-state index in [9.17, 15) is 0 Å². The van der Waals surface area contributed by atoms with Gasteiger partial charge in [-0.25, -0.2) is 0 Å². The molecule has 0 radical (unpaired) electrons. The third-order valence-electron chi connectivity index (χ3n) is 3.16. The molecule has 0 amide bonds. The maximum Gasteiger partial charge on any atom is 0.120 e. The van der Waals surface area contributed by atoms with Crippen LogP contribution in [0.5, 0.6) is 5.75 Å². The van der Waals surface area contributed by atoms with Crippen molar-refractivity contribution in [2.24, 2.45) is 0 Å². The molecule has 4 heteroatoms. The van der Waals surface area contributed by atoms with Crippen molar-refractivity contribution in [3.63, 3.8) is 0 Å². The molecule has 0 saturated heterocycles. The molecule has 2 nitrogen and oxygen atoms in total. The van der Waals surface area contributed by atoms with E-state index in [0.29, 0.717) is 6.61 Å². The van der Waals surface area contributed by atoms with Crippen molar-refractivity contribution in [2.45, 2.75) is 6.54 Å². The molecule has 1 aromatic heterocycles. The van der Waals surface area contributed by atoms with Crippen molar-refractivity contribution in [3.8, 4) is 5.75 Å². The summed E-state index contributed by atoms with van der Waals surface area (Å²) in [7, 11) is 0. The predicted octanol–water partition coefficient (Wildman–Crippen LogP) is 5.14. The first-order valence-electron chi connectivity index (χ1n) is 6.36. The molecule has 0 aliphatic heterocycles. The first-order valence-corrected chi connectivity index (χ1v) is 7.53. The molecule has 0 aliphatic rings. The Morgan fingerprint density at radius 2 is 1.95 bits per heavy atom. The van der Waals surface area contributed by atoms with E-state index in [1.807, 2.05) is 48.7 Å². The molecule has 2 aromatic carbocycles. The van der Waals surface area contributed by atoms with E-state index in [4.69, 9.17) is 16.3 Å². The molecule has 0 atom stereocenters. The molecule has 3 rings (SSSR count). The van der Waals surface area contributed by atoms with Crippen LogP contribution in [-0.4, -0.2) is 11.2 Å². The van der Waals surface area contributed by atoms with E-state index in [-0.39, 0.29) is 0 Å². The van der Waals surface area contributed by atoms with Gasteiger partial charge in [0, 0.05) is 26.6 Å². The Kier molecular flexibility index (Phi) is 3.99. The minimum absolute atomic E-state index is 0.618. The lowest BCUT2D eigenvalue weighted by Gasteiger charge is -2.08. The third kappa shape index (κ3) is 2.84. The smallest absolute Gasteiger partial charge is 0.120 e. The van der Waals surface area contributed by atoms with Gasteiger partial charge >= 0.3 is 0 Å². The highest BCUT2D eigenvalue weighted by Crippen LogP contribution is 2.24. The molecule has 0 fully saturated rings. The van der Waals surface area contributed by atoms with E-state index in [1.165, 1.54) is 0 Å². The lowest BCUT2D eigenvalue weighted by Crippen LogP contribution is -2.07. The number of rotatable bonds is 4. The van der Waals surface area contributed by atoms with Crippen LogP contribution < -0.4 is 4.74 Å². The lowest BCUT2D eigenvalue weighted by molar-refractivity contribution is 0.300. The van der Waals surface area contributed by atoms with Crippen LogP contribution >= 0.6 is 27.5 Å². The average Bonchev–Trinajstić information content (AvgIpc) is 2.84. The summed E-state index contributed by atoms with van der Waals surface area (Å²) in [6.07, 6.45) is 2.04. The van der Waals surface area contributed by atoms with Gasteiger partial charge in [-0.15, -0.1) is 0 Å². The quantitative estimate of drug-likeness (QED) is 0.636. The molecule has 3 aromatic rings. The standard InChI is InChI=1S/C16H13BrClNO/c17-12-3-1-4-13(11-12)20-10-9-19-8-7-14-15(18)5-2-6-16(14)19/h1-8,11H,9-10H2. The summed E-state index contributed by atoms with van der Waals surface area (Å²) in [6.45, 7) is 1.41. The van der Waals surface area contributed by atoms with Gasteiger partial charge < -0.3 is 9.30 Å². The van der Waals surface area contributed by atoms with Gasteiger partial charge in [-0.1, -0.05) is 39.7 Å². The summed E-state index contributed by atoms with van der Waals surface area (Å²) >= 11 is 9.60. The second-order valence-electron chi connectivity index (χ2n) is 4.49. The summed E-state index contributed by atoms with van der Waals surface area (Å²) < 4.78 is 8.93. The van der Waals surface area contributed by atoms with Crippen molar-refractivity contribution in [1.82, 2.24) is 4.57 Å². The van der Waals surface area contributed by atoms with Crippen LogP contribution in [0.1, 0.15) is 0 Å². The number of hydrogen-bond acceptors (Lipinski definition) is 1. The minimum atomic E-state index is 0.618. The van der Waals surface area contributed by atoms with Crippen molar-refractivity contribution in [3.05, 3.63) is 64.2 Å². The Labute approximate surface area is 131 Å². The largest absolute Gasteiger partial charge is 0.492 e. The Balaban J connectivity index is 1.70. The average molecular weight is 351 g/mol. The highest BCUT2D eigenvalue weighted by atomic mass is 79.9. The van der Waals surface area contributed by atoms with E-state index in [2.05, 4.69) is 26.6 Å². The van der Waals surface area contributed by atoms with E-state index < -0.39 is 0 Å². The minimum Gasteiger partial charge on any atom is -0.492 e. The van der Waals surface area contributed by atoms with Crippen molar-refractivity contribution in [1.29, 1.82) is 0 Å². The third-order valence-corrected chi connectivity index (χ3v) is 3.98. The number of halogens is 2. The molecule has 20 heavy (non-hydrogen) atoms. The number of ether oxygens (including phenoxy) is 1. The monoisotopic (exact) mass is 349 g/mol. The van der Waals surface area contributed by atoms with Gasteiger partial charge in [0.15, 0.2) is 0 Å². The van der Waals surface area contributed by atoms with Gasteiger partial charge in [0.2, 0.25) is 0 Å². The summed E-state index contributed by atoms with van der Waals surface area (Å²) in [5.74, 6) is 0.869. The zero-order chi connectivity index (χ0) is 13.9. The maximum atomic E-state index is 6.17. The van der Waals surface area contributed by atoms with E-state index >= 15 is 0 Å². The van der Waals surface area contributed by atoms with Crippen LogP contribution in [0.3, 0.4) is 0 Å².